The van der Waals surface area contributed by atoms with Crippen LogP contribution in [0.4, 0.5) is 0 Å². The number of hydrogen-bond acceptors (Lipinski definition) is 2. The first-order chi connectivity index (χ1) is 14.6. The molecule has 2 heteroatoms. The second kappa shape index (κ2) is 10.7. The Morgan fingerprint density at radius 2 is 0.933 bits per heavy atom. The lowest BCUT2D eigenvalue weighted by molar-refractivity contribution is 0.0974. The van der Waals surface area contributed by atoms with Crippen molar-refractivity contribution in [2.45, 2.75) is 52.4 Å². The van der Waals surface area contributed by atoms with Crippen LogP contribution in [0.2, 0.25) is 0 Å². The molecule has 3 rings (SSSR count). The Bertz CT molecular complexity index is 965. The van der Waals surface area contributed by atoms with E-state index in [1.807, 2.05) is 55.5 Å². The van der Waals surface area contributed by atoms with Gasteiger partial charge in [0.05, 0.1) is 0 Å². The average molecular weight is 399 g/mol. The van der Waals surface area contributed by atoms with Crippen molar-refractivity contribution >= 4 is 11.6 Å². The smallest absolute Gasteiger partial charge is 0.162 e. The van der Waals surface area contributed by atoms with Crippen LogP contribution in [0.25, 0.3) is 22.3 Å². The minimum atomic E-state index is 0.166. The molecule has 0 bridgehead atoms. The fraction of sp³-hybridized carbons (Fsp3) is 0.286. The topological polar surface area (TPSA) is 34.1 Å². The van der Waals surface area contributed by atoms with Gasteiger partial charge in [0, 0.05) is 24.0 Å². The predicted molar refractivity (Wildman–Crippen MR) is 125 cm³/mol. The molecular weight excluding hydrogens is 368 g/mol. The normalized spacial score (nSPS) is 10.7. The van der Waals surface area contributed by atoms with E-state index in [2.05, 4.69) is 31.2 Å². The van der Waals surface area contributed by atoms with Crippen LogP contribution in [0.5, 0.6) is 0 Å². The monoisotopic (exact) mass is 398 g/mol. The van der Waals surface area contributed by atoms with Crippen molar-refractivity contribution in [3.8, 4) is 22.3 Å². The lowest BCUT2D eigenvalue weighted by atomic mass is 9.97. The second-order valence-corrected chi connectivity index (χ2v) is 7.74. The van der Waals surface area contributed by atoms with Crippen molar-refractivity contribution in [3.05, 3.63) is 83.9 Å². The van der Waals surface area contributed by atoms with Gasteiger partial charge in [0.1, 0.15) is 0 Å². The number of carbonyl (C=O) groups excluding carboxylic acids is 2. The highest BCUT2D eigenvalue weighted by atomic mass is 16.1. The molecule has 0 fully saturated rings. The minimum Gasteiger partial charge on any atom is -0.294 e. The summed E-state index contributed by atoms with van der Waals surface area (Å²) in [6.07, 6.45) is 5.65. The van der Waals surface area contributed by atoms with Crippen LogP contribution in [-0.2, 0) is 0 Å². The molecule has 30 heavy (non-hydrogen) atoms. The number of Topliss-reactive ketones (excluding diaryl/α,β-unsaturated/α-hetero) is 2. The molecule has 0 amide bonds. The molecule has 0 spiro atoms. The Morgan fingerprint density at radius 1 is 0.533 bits per heavy atom. The van der Waals surface area contributed by atoms with Crippen molar-refractivity contribution in [2.75, 3.05) is 0 Å². The molecule has 0 heterocycles. The van der Waals surface area contributed by atoms with Crippen molar-refractivity contribution in [2.24, 2.45) is 0 Å². The molecule has 3 aromatic rings. The second-order valence-electron chi connectivity index (χ2n) is 7.74. The molecule has 0 unspecified atom stereocenters. The zero-order valence-corrected chi connectivity index (χ0v) is 18.0. The Morgan fingerprint density at radius 3 is 1.33 bits per heavy atom. The number of carbonyl (C=O) groups is 2. The van der Waals surface area contributed by atoms with Crippen LogP contribution in [-0.4, -0.2) is 11.6 Å². The van der Waals surface area contributed by atoms with Crippen molar-refractivity contribution in [1.29, 1.82) is 0 Å². The van der Waals surface area contributed by atoms with Crippen molar-refractivity contribution in [3.63, 3.8) is 0 Å². The van der Waals surface area contributed by atoms with Crippen LogP contribution in [0.15, 0.2) is 72.8 Å². The van der Waals surface area contributed by atoms with Crippen LogP contribution >= 0.6 is 0 Å². The summed E-state index contributed by atoms with van der Waals surface area (Å²) in [7, 11) is 0. The van der Waals surface area contributed by atoms with Crippen molar-refractivity contribution in [1.82, 2.24) is 0 Å². The lowest BCUT2D eigenvalue weighted by Crippen LogP contribution is -1.98. The zero-order valence-electron chi connectivity index (χ0n) is 18.0. The first kappa shape index (κ1) is 21.7. The third-order valence-corrected chi connectivity index (χ3v) is 5.54. The summed E-state index contributed by atoms with van der Waals surface area (Å²) in [5.74, 6) is 0.401. The SMILES string of the molecule is CCCCCCC(=O)c1ccc(-c2ccc(-c3ccc(C(=O)CC)cc3)cc2)cc1. The van der Waals surface area contributed by atoms with Gasteiger partial charge in [-0.15, -0.1) is 0 Å². The Hall–Kier alpha value is -3.00. The third kappa shape index (κ3) is 5.54. The van der Waals surface area contributed by atoms with Gasteiger partial charge < -0.3 is 0 Å². The molecule has 3 aromatic carbocycles. The summed E-state index contributed by atoms with van der Waals surface area (Å²) in [5.41, 5.74) is 6.00. The van der Waals surface area contributed by atoms with Gasteiger partial charge in [-0.3, -0.25) is 9.59 Å². The standard InChI is InChI=1S/C28H30O2/c1-3-5-6-7-8-28(30)26-19-15-24(16-20-26)22-11-9-21(10-12-22)23-13-17-25(18-14-23)27(29)4-2/h9-20H,3-8H2,1-2H3. The maximum absolute atomic E-state index is 12.3. The fourth-order valence-corrected chi connectivity index (χ4v) is 3.61. The van der Waals surface area contributed by atoms with E-state index in [9.17, 15) is 9.59 Å². The summed E-state index contributed by atoms with van der Waals surface area (Å²) < 4.78 is 0. The molecule has 2 nitrogen and oxygen atoms in total. The lowest BCUT2D eigenvalue weighted by Gasteiger charge is -2.07. The quantitative estimate of drug-likeness (QED) is 0.258. The van der Waals surface area contributed by atoms with E-state index in [4.69, 9.17) is 0 Å². The first-order valence-corrected chi connectivity index (χ1v) is 11.0. The summed E-state index contributed by atoms with van der Waals surface area (Å²) in [6, 6.07) is 24.1. The first-order valence-electron chi connectivity index (χ1n) is 11.0. The summed E-state index contributed by atoms with van der Waals surface area (Å²) in [4.78, 5) is 24.1. The van der Waals surface area contributed by atoms with E-state index in [0.717, 1.165) is 46.2 Å². The highest BCUT2D eigenvalue weighted by Gasteiger charge is 2.07. The average Bonchev–Trinajstić information content (AvgIpc) is 2.81. The van der Waals surface area contributed by atoms with E-state index in [0.29, 0.717) is 12.8 Å². The van der Waals surface area contributed by atoms with Crippen LogP contribution in [0.1, 0.15) is 73.1 Å². The van der Waals surface area contributed by atoms with Crippen LogP contribution in [0.3, 0.4) is 0 Å². The highest BCUT2D eigenvalue weighted by Crippen LogP contribution is 2.26. The summed E-state index contributed by atoms with van der Waals surface area (Å²) in [5, 5.41) is 0. The van der Waals surface area contributed by atoms with Gasteiger partial charge in [-0.05, 0) is 28.7 Å². The predicted octanol–water partition coefficient (Wildman–Crippen LogP) is 7.77. The molecular formula is C28H30O2. The fourth-order valence-electron chi connectivity index (χ4n) is 3.61. The third-order valence-electron chi connectivity index (χ3n) is 5.54. The molecule has 0 N–H and O–H groups in total. The van der Waals surface area contributed by atoms with Gasteiger partial charge in [-0.25, -0.2) is 0 Å². The van der Waals surface area contributed by atoms with Gasteiger partial charge in [0.15, 0.2) is 11.6 Å². The minimum absolute atomic E-state index is 0.166. The number of rotatable bonds is 10. The van der Waals surface area contributed by atoms with Gasteiger partial charge in [-0.2, -0.15) is 0 Å². The van der Waals surface area contributed by atoms with Gasteiger partial charge >= 0.3 is 0 Å². The van der Waals surface area contributed by atoms with Crippen molar-refractivity contribution < 1.29 is 9.59 Å². The van der Waals surface area contributed by atoms with Gasteiger partial charge in [-0.1, -0.05) is 106 Å². The zero-order chi connectivity index (χ0) is 21.3. The number of unbranched alkanes of at least 4 members (excludes halogenated alkanes) is 3. The highest BCUT2D eigenvalue weighted by molar-refractivity contribution is 5.97. The molecule has 0 radical (unpaired) electrons. The molecule has 0 saturated heterocycles. The van der Waals surface area contributed by atoms with E-state index in [1.54, 1.807) is 0 Å². The Kier molecular flexibility index (Phi) is 7.73. The molecule has 0 saturated carbocycles. The number of benzene rings is 3. The molecule has 0 aliphatic carbocycles. The summed E-state index contributed by atoms with van der Waals surface area (Å²) >= 11 is 0. The maximum Gasteiger partial charge on any atom is 0.162 e. The van der Waals surface area contributed by atoms with E-state index in [-0.39, 0.29) is 11.6 Å². The number of ketones is 2. The maximum atomic E-state index is 12.3. The van der Waals surface area contributed by atoms with Crippen LogP contribution in [0, 0.1) is 0 Å². The molecule has 0 aromatic heterocycles. The molecule has 0 aliphatic heterocycles. The van der Waals surface area contributed by atoms with Gasteiger partial charge in [0.2, 0.25) is 0 Å². The Balaban J connectivity index is 1.66. The molecule has 154 valence electrons. The van der Waals surface area contributed by atoms with Crippen LogP contribution < -0.4 is 0 Å². The molecule has 0 aliphatic rings. The number of hydrogen-bond donors (Lipinski definition) is 0. The van der Waals surface area contributed by atoms with E-state index < -0.39 is 0 Å². The molecule has 0 atom stereocenters. The largest absolute Gasteiger partial charge is 0.294 e. The summed E-state index contributed by atoms with van der Waals surface area (Å²) in [6.45, 7) is 4.06. The Labute approximate surface area is 180 Å². The van der Waals surface area contributed by atoms with E-state index in [1.165, 1.54) is 12.8 Å². The van der Waals surface area contributed by atoms with Gasteiger partial charge in [0.25, 0.3) is 0 Å². The van der Waals surface area contributed by atoms with E-state index >= 15 is 0 Å².